The third-order valence-corrected chi connectivity index (χ3v) is 3.84. The average Bonchev–Trinajstić information content (AvgIpc) is 2.76. The highest BCUT2D eigenvalue weighted by atomic mass is 79.9. The second-order valence-electron chi connectivity index (χ2n) is 4.66. The highest BCUT2D eigenvalue weighted by molar-refractivity contribution is 9.10. The summed E-state index contributed by atoms with van der Waals surface area (Å²) in [6, 6.07) is 5.70. The number of halogens is 1. The van der Waals surface area contributed by atoms with Crippen LogP contribution in [0.1, 0.15) is 29.5 Å². The fraction of sp³-hybridized carbons (Fsp3) is 0.400. The molecular formula is C15H18BrNO3. The van der Waals surface area contributed by atoms with Gasteiger partial charge >= 0.3 is 0 Å². The molecule has 0 bridgehead atoms. The van der Waals surface area contributed by atoms with Crippen LogP contribution >= 0.6 is 15.9 Å². The summed E-state index contributed by atoms with van der Waals surface area (Å²) >= 11 is 3.42. The molecule has 1 N–H and O–H groups in total. The van der Waals surface area contributed by atoms with Gasteiger partial charge in [0.25, 0.3) is 5.91 Å². The van der Waals surface area contributed by atoms with Crippen molar-refractivity contribution in [1.29, 1.82) is 0 Å². The van der Waals surface area contributed by atoms with E-state index in [0.29, 0.717) is 30.9 Å². The average molecular weight is 340 g/mol. The number of benzene rings is 1. The topological polar surface area (TPSA) is 53.7 Å². The summed E-state index contributed by atoms with van der Waals surface area (Å²) in [4.78, 5) is 14.2. The predicted octanol–water partition coefficient (Wildman–Crippen LogP) is 3.35. The smallest absolute Gasteiger partial charge is 0.289 e. The largest absolute Gasteiger partial charge is 0.451 e. The van der Waals surface area contributed by atoms with Gasteiger partial charge in [-0.3, -0.25) is 4.79 Å². The molecule has 4 nitrogen and oxygen atoms in total. The van der Waals surface area contributed by atoms with Gasteiger partial charge in [0.15, 0.2) is 5.76 Å². The van der Waals surface area contributed by atoms with Gasteiger partial charge in [-0.1, -0.05) is 15.9 Å². The van der Waals surface area contributed by atoms with Gasteiger partial charge in [0.05, 0.1) is 0 Å². The number of aliphatic hydroxyl groups excluding tert-OH is 1. The molecule has 5 heteroatoms. The molecule has 0 radical (unpaired) electrons. The number of hydrogen-bond donors (Lipinski definition) is 1. The molecular weight excluding hydrogens is 322 g/mol. The zero-order valence-corrected chi connectivity index (χ0v) is 13.2. The first-order valence-electron chi connectivity index (χ1n) is 6.67. The normalized spacial score (nSPS) is 11.0. The summed E-state index contributed by atoms with van der Waals surface area (Å²) in [6.45, 7) is 5.02. The molecule has 0 saturated carbocycles. The maximum absolute atomic E-state index is 12.5. The van der Waals surface area contributed by atoms with E-state index in [1.54, 1.807) is 4.90 Å². The van der Waals surface area contributed by atoms with Crippen LogP contribution in [0.3, 0.4) is 0 Å². The van der Waals surface area contributed by atoms with Crippen LogP contribution in [0.15, 0.2) is 27.1 Å². The SMILES string of the molecule is CCN(CCCO)C(=O)c1oc2ccc(Br)cc2c1C. The maximum atomic E-state index is 12.5. The van der Waals surface area contributed by atoms with Gasteiger partial charge < -0.3 is 14.4 Å². The Morgan fingerprint density at radius 1 is 1.45 bits per heavy atom. The molecule has 108 valence electrons. The van der Waals surface area contributed by atoms with Crippen molar-refractivity contribution in [1.82, 2.24) is 4.90 Å². The highest BCUT2D eigenvalue weighted by Gasteiger charge is 2.22. The lowest BCUT2D eigenvalue weighted by Crippen LogP contribution is -2.32. The molecule has 2 rings (SSSR count). The Bertz CT molecular complexity index is 621. The summed E-state index contributed by atoms with van der Waals surface area (Å²) in [6.07, 6.45) is 0.574. The summed E-state index contributed by atoms with van der Waals surface area (Å²) in [5, 5.41) is 9.84. The van der Waals surface area contributed by atoms with Crippen LogP contribution in [0.2, 0.25) is 0 Å². The molecule has 0 saturated heterocycles. The van der Waals surface area contributed by atoms with E-state index in [4.69, 9.17) is 9.52 Å². The number of rotatable bonds is 5. The van der Waals surface area contributed by atoms with Crippen molar-refractivity contribution in [2.45, 2.75) is 20.3 Å². The Morgan fingerprint density at radius 2 is 2.20 bits per heavy atom. The molecule has 0 aliphatic carbocycles. The number of nitrogens with zero attached hydrogens (tertiary/aromatic N) is 1. The van der Waals surface area contributed by atoms with Crippen LogP contribution in [0.25, 0.3) is 11.0 Å². The van der Waals surface area contributed by atoms with Crippen molar-refractivity contribution >= 4 is 32.8 Å². The van der Waals surface area contributed by atoms with Gasteiger partial charge in [-0.2, -0.15) is 0 Å². The van der Waals surface area contributed by atoms with E-state index < -0.39 is 0 Å². The number of aryl methyl sites for hydroxylation is 1. The first-order valence-corrected chi connectivity index (χ1v) is 7.46. The molecule has 0 spiro atoms. The van der Waals surface area contributed by atoms with Crippen molar-refractivity contribution in [3.63, 3.8) is 0 Å². The van der Waals surface area contributed by atoms with Crippen LogP contribution in [0, 0.1) is 6.92 Å². The second kappa shape index (κ2) is 6.41. The fourth-order valence-corrected chi connectivity index (χ4v) is 2.57. The standard InChI is InChI=1S/C15H18BrNO3/c1-3-17(7-4-8-18)15(19)14-10(2)12-9-11(16)5-6-13(12)20-14/h5-6,9,18H,3-4,7-8H2,1-2H3. The molecule has 0 fully saturated rings. The van der Waals surface area contributed by atoms with E-state index in [1.807, 2.05) is 32.0 Å². The minimum Gasteiger partial charge on any atom is -0.451 e. The van der Waals surface area contributed by atoms with Gasteiger partial charge in [0.1, 0.15) is 5.58 Å². The number of amides is 1. The van der Waals surface area contributed by atoms with Crippen LogP contribution < -0.4 is 0 Å². The van der Waals surface area contributed by atoms with Crippen LogP contribution in [0.4, 0.5) is 0 Å². The lowest BCUT2D eigenvalue weighted by atomic mass is 10.1. The fourth-order valence-electron chi connectivity index (χ4n) is 2.21. The number of aliphatic hydroxyl groups is 1. The van der Waals surface area contributed by atoms with Crippen molar-refractivity contribution in [3.05, 3.63) is 34.0 Å². The van der Waals surface area contributed by atoms with Crippen LogP contribution in [-0.2, 0) is 0 Å². The van der Waals surface area contributed by atoms with Gasteiger partial charge in [0.2, 0.25) is 0 Å². The molecule has 0 aliphatic rings. The number of furan rings is 1. The Morgan fingerprint density at radius 3 is 2.85 bits per heavy atom. The number of carbonyl (C=O) groups excluding carboxylic acids is 1. The second-order valence-corrected chi connectivity index (χ2v) is 5.57. The molecule has 0 aliphatic heterocycles. The third-order valence-electron chi connectivity index (χ3n) is 3.35. The number of carbonyl (C=O) groups is 1. The highest BCUT2D eigenvalue weighted by Crippen LogP contribution is 2.28. The van der Waals surface area contributed by atoms with Crippen molar-refractivity contribution in [2.24, 2.45) is 0 Å². The zero-order valence-electron chi connectivity index (χ0n) is 11.6. The first-order chi connectivity index (χ1) is 9.58. The number of fused-ring (bicyclic) bond motifs is 1. The molecule has 0 atom stereocenters. The van der Waals surface area contributed by atoms with E-state index in [2.05, 4.69) is 15.9 Å². The Kier molecular flexibility index (Phi) is 4.83. The minimum atomic E-state index is -0.120. The first kappa shape index (κ1) is 15.1. The minimum absolute atomic E-state index is 0.0792. The van der Waals surface area contributed by atoms with Gasteiger partial charge in [-0.05, 0) is 38.5 Å². The monoisotopic (exact) mass is 339 g/mol. The Hall–Kier alpha value is -1.33. The molecule has 20 heavy (non-hydrogen) atoms. The van der Waals surface area contributed by atoms with Crippen molar-refractivity contribution in [2.75, 3.05) is 19.7 Å². The van der Waals surface area contributed by atoms with E-state index in [1.165, 1.54) is 0 Å². The van der Waals surface area contributed by atoms with Crippen LogP contribution in [-0.4, -0.2) is 35.6 Å². The molecule has 1 aromatic carbocycles. The Balaban J connectivity index is 2.36. The van der Waals surface area contributed by atoms with E-state index in [9.17, 15) is 4.79 Å². The van der Waals surface area contributed by atoms with E-state index >= 15 is 0 Å². The summed E-state index contributed by atoms with van der Waals surface area (Å²) in [5.74, 6) is 0.267. The zero-order chi connectivity index (χ0) is 14.7. The van der Waals surface area contributed by atoms with Gasteiger partial charge in [-0.15, -0.1) is 0 Å². The van der Waals surface area contributed by atoms with E-state index in [-0.39, 0.29) is 12.5 Å². The maximum Gasteiger partial charge on any atom is 0.289 e. The third kappa shape index (κ3) is 2.88. The van der Waals surface area contributed by atoms with Crippen molar-refractivity contribution < 1.29 is 14.3 Å². The molecule has 1 amide bonds. The van der Waals surface area contributed by atoms with Gasteiger partial charge in [0, 0.05) is 35.1 Å². The predicted molar refractivity (Wildman–Crippen MR) is 81.9 cm³/mol. The molecule has 1 aromatic heterocycles. The van der Waals surface area contributed by atoms with Crippen molar-refractivity contribution in [3.8, 4) is 0 Å². The van der Waals surface area contributed by atoms with Crippen LogP contribution in [0.5, 0.6) is 0 Å². The van der Waals surface area contributed by atoms with Gasteiger partial charge in [-0.25, -0.2) is 0 Å². The number of hydrogen-bond acceptors (Lipinski definition) is 3. The lowest BCUT2D eigenvalue weighted by Gasteiger charge is -2.19. The van der Waals surface area contributed by atoms with E-state index in [0.717, 1.165) is 15.4 Å². The summed E-state index contributed by atoms with van der Waals surface area (Å²) < 4.78 is 6.66. The summed E-state index contributed by atoms with van der Waals surface area (Å²) in [7, 11) is 0. The molecule has 2 aromatic rings. The summed E-state index contributed by atoms with van der Waals surface area (Å²) in [5.41, 5.74) is 1.57. The Labute approximate surface area is 126 Å². The molecule has 0 unspecified atom stereocenters. The molecule has 1 heterocycles. The quantitative estimate of drug-likeness (QED) is 0.908. The lowest BCUT2D eigenvalue weighted by molar-refractivity contribution is 0.0723.